The van der Waals surface area contributed by atoms with Crippen molar-refractivity contribution in [1.82, 2.24) is 14.9 Å². The molecule has 0 spiro atoms. The molecule has 2 aromatic heterocycles. The summed E-state index contributed by atoms with van der Waals surface area (Å²) < 4.78 is 5.18. The topological polar surface area (TPSA) is 87.3 Å². The summed E-state index contributed by atoms with van der Waals surface area (Å²) in [7, 11) is 3.39. The van der Waals surface area contributed by atoms with E-state index in [1.807, 2.05) is 57.3 Å². The first kappa shape index (κ1) is 22.7. The van der Waals surface area contributed by atoms with E-state index in [4.69, 9.17) is 4.74 Å². The third-order valence-corrected chi connectivity index (χ3v) is 6.31. The molecule has 0 saturated carbocycles. The SMILES string of the molecule is COc1cccc(NC(=O)CN(C)Cc2nc3sc(C)c(-c4ccc(C)cc4)c3c(=O)[nH]2)c1. The maximum absolute atomic E-state index is 13.0. The second-order valence-corrected chi connectivity index (χ2v) is 9.25. The number of likely N-dealkylation sites (N-methyl/N-ethyl adjacent to an activating group) is 1. The van der Waals surface area contributed by atoms with Crippen molar-refractivity contribution in [1.29, 1.82) is 0 Å². The molecule has 170 valence electrons. The minimum absolute atomic E-state index is 0.150. The van der Waals surface area contributed by atoms with Gasteiger partial charge >= 0.3 is 0 Å². The van der Waals surface area contributed by atoms with E-state index in [9.17, 15) is 9.59 Å². The molecule has 0 unspecified atom stereocenters. The predicted octanol–water partition coefficient (Wildman–Crippen LogP) is 4.35. The number of hydrogen-bond acceptors (Lipinski definition) is 6. The highest BCUT2D eigenvalue weighted by molar-refractivity contribution is 7.19. The largest absolute Gasteiger partial charge is 0.497 e. The molecule has 1 amide bonds. The Kier molecular flexibility index (Phi) is 6.57. The highest BCUT2D eigenvalue weighted by Gasteiger charge is 2.17. The van der Waals surface area contributed by atoms with E-state index < -0.39 is 0 Å². The molecular weight excluding hydrogens is 436 g/mol. The van der Waals surface area contributed by atoms with Crippen LogP contribution in [0.15, 0.2) is 53.3 Å². The lowest BCUT2D eigenvalue weighted by atomic mass is 10.0. The van der Waals surface area contributed by atoms with Crippen LogP contribution >= 0.6 is 11.3 Å². The molecule has 4 rings (SSSR count). The summed E-state index contributed by atoms with van der Waals surface area (Å²) in [6.07, 6.45) is 0. The molecule has 0 radical (unpaired) electrons. The predicted molar refractivity (Wildman–Crippen MR) is 133 cm³/mol. The van der Waals surface area contributed by atoms with Crippen LogP contribution in [0.1, 0.15) is 16.3 Å². The minimum atomic E-state index is -0.164. The molecule has 0 atom stereocenters. The monoisotopic (exact) mass is 462 g/mol. The fourth-order valence-electron chi connectivity index (χ4n) is 3.76. The zero-order valence-electron chi connectivity index (χ0n) is 19.1. The molecule has 2 N–H and O–H groups in total. The normalized spacial score (nSPS) is 11.2. The summed E-state index contributed by atoms with van der Waals surface area (Å²) in [4.78, 5) is 36.6. The van der Waals surface area contributed by atoms with Gasteiger partial charge in [-0.25, -0.2) is 4.98 Å². The van der Waals surface area contributed by atoms with E-state index in [2.05, 4.69) is 15.3 Å². The number of nitrogens with zero attached hydrogens (tertiary/aromatic N) is 2. The first-order chi connectivity index (χ1) is 15.8. The van der Waals surface area contributed by atoms with E-state index in [-0.39, 0.29) is 18.0 Å². The Morgan fingerprint density at radius 1 is 1.18 bits per heavy atom. The van der Waals surface area contributed by atoms with Crippen LogP contribution in [0.25, 0.3) is 21.3 Å². The number of amides is 1. The number of methoxy groups -OCH3 is 1. The number of carbonyl (C=O) groups is 1. The Bertz CT molecular complexity index is 1360. The van der Waals surface area contributed by atoms with Gasteiger partial charge in [0.15, 0.2) is 0 Å². The number of hydrogen-bond donors (Lipinski definition) is 2. The average molecular weight is 463 g/mol. The summed E-state index contributed by atoms with van der Waals surface area (Å²) in [5.74, 6) is 1.04. The Hall–Kier alpha value is -3.49. The van der Waals surface area contributed by atoms with E-state index in [0.717, 1.165) is 16.0 Å². The molecule has 2 aromatic carbocycles. The number of fused-ring (bicyclic) bond motifs is 1. The molecule has 8 heteroatoms. The number of aryl methyl sites for hydroxylation is 2. The molecule has 0 aliphatic carbocycles. The molecule has 4 aromatic rings. The second kappa shape index (κ2) is 9.56. The zero-order valence-corrected chi connectivity index (χ0v) is 19.9. The fourth-order valence-corrected chi connectivity index (χ4v) is 4.83. The average Bonchev–Trinajstić information content (AvgIpc) is 3.10. The van der Waals surface area contributed by atoms with Gasteiger partial charge in [-0.1, -0.05) is 35.9 Å². The van der Waals surface area contributed by atoms with E-state index >= 15 is 0 Å². The number of thiophene rings is 1. The first-order valence-electron chi connectivity index (χ1n) is 10.6. The van der Waals surface area contributed by atoms with Crippen LogP contribution in [0.3, 0.4) is 0 Å². The summed E-state index contributed by atoms with van der Waals surface area (Å²) in [6, 6.07) is 15.3. The molecule has 33 heavy (non-hydrogen) atoms. The van der Waals surface area contributed by atoms with Gasteiger partial charge in [0.2, 0.25) is 5.91 Å². The standard InChI is InChI=1S/C25H26N4O3S/c1-15-8-10-17(11-9-15)22-16(2)33-25-23(22)24(31)27-20(28-25)13-29(3)14-21(30)26-18-6-5-7-19(12-18)32-4/h5-12H,13-14H2,1-4H3,(H,26,30)(H,27,28,31). The number of anilines is 1. The molecule has 7 nitrogen and oxygen atoms in total. The van der Waals surface area contributed by atoms with Crippen LogP contribution < -0.4 is 15.6 Å². The Morgan fingerprint density at radius 2 is 1.94 bits per heavy atom. The number of rotatable bonds is 7. The van der Waals surface area contributed by atoms with Gasteiger partial charge < -0.3 is 15.0 Å². The fraction of sp³-hybridized carbons (Fsp3) is 0.240. The quantitative estimate of drug-likeness (QED) is 0.426. The van der Waals surface area contributed by atoms with Gasteiger partial charge in [-0.05, 0) is 38.6 Å². The summed E-state index contributed by atoms with van der Waals surface area (Å²) in [6.45, 7) is 4.54. The molecule has 0 saturated heterocycles. The summed E-state index contributed by atoms with van der Waals surface area (Å²) in [5, 5.41) is 3.47. The Labute approximate surface area is 196 Å². The third kappa shape index (κ3) is 5.13. The van der Waals surface area contributed by atoms with Crippen molar-refractivity contribution in [3.8, 4) is 16.9 Å². The molecular formula is C25H26N4O3S. The molecule has 0 fully saturated rings. The van der Waals surface area contributed by atoms with Crippen molar-refractivity contribution in [2.45, 2.75) is 20.4 Å². The van der Waals surface area contributed by atoms with Gasteiger partial charge in [0.25, 0.3) is 5.56 Å². The van der Waals surface area contributed by atoms with Crippen molar-refractivity contribution >= 4 is 33.1 Å². The number of ether oxygens (including phenoxy) is 1. The van der Waals surface area contributed by atoms with E-state index in [1.165, 1.54) is 16.9 Å². The lowest BCUT2D eigenvalue weighted by molar-refractivity contribution is -0.117. The molecule has 0 aliphatic heterocycles. The molecule has 2 heterocycles. The maximum atomic E-state index is 13.0. The highest BCUT2D eigenvalue weighted by atomic mass is 32.1. The van der Waals surface area contributed by atoms with Crippen LogP contribution in [0.5, 0.6) is 5.75 Å². The number of carbonyl (C=O) groups excluding carboxylic acids is 1. The third-order valence-electron chi connectivity index (χ3n) is 5.31. The smallest absolute Gasteiger partial charge is 0.260 e. The van der Waals surface area contributed by atoms with Crippen LogP contribution in [-0.4, -0.2) is 41.5 Å². The number of H-pyrrole nitrogens is 1. The van der Waals surface area contributed by atoms with Gasteiger partial charge in [0, 0.05) is 22.2 Å². The minimum Gasteiger partial charge on any atom is -0.497 e. The Balaban J connectivity index is 1.50. The van der Waals surface area contributed by atoms with Crippen molar-refractivity contribution in [2.24, 2.45) is 0 Å². The zero-order chi connectivity index (χ0) is 23.5. The van der Waals surface area contributed by atoms with Crippen LogP contribution in [0, 0.1) is 13.8 Å². The van der Waals surface area contributed by atoms with Crippen LogP contribution in [0.2, 0.25) is 0 Å². The van der Waals surface area contributed by atoms with Crippen molar-refractivity contribution in [2.75, 3.05) is 26.0 Å². The van der Waals surface area contributed by atoms with Crippen LogP contribution in [-0.2, 0) is 11.3 Å². The van der Waals surface area contributed by atoms with Gasteiger partial charge in [-0.2, -0.15) is 0 Å². The van der Waals surface area contributed by atoms with E-state index in [1.54, 1.807) is 24.1 Å². The summed E-state index contributed by atoms with van der Waals surface area (Å²) >= 11 is 1.51. The number of benzene rings is 2. The Morgan fingerprint density at radius 3 is 2.67 bits per heavy atom. The van der Waals surface area contributed by atoms with Gasteiger partial charge in [-0.3, -0.25) is 14.5 Å². The molecule has 0 bridgehead atoms. The van der Waals surface area contributed by atoms with Crippen LogP contribution in [0.4, 0.5) is 5.69 Å². The van der Waals surface area contributed by atoms with Gasteiger partial charge in [0.05, 0.1) is 25.6 Å². The first-order valence-corrected chi connectivity index (χ1v) is 11.4. The highest BCUT2D eigenvalue weighted by Crippen LogP contribution is 2.35. The maximum Gasteiger partial charge on any atom is 0.260 e. The van der Waals surface area contributed by atoms with Gasteiger partial charge in [0.1, 0.15) is 16.4 Å². The molecule has 0 aliphatic rings. The van der Waals surface area contributed by atoms with Crippen molar-refractivity contribution in [3.63, 3.8) is 0 Å². The number of aromatic nitrogens is 2. The van der Waals surface area contributed by atoms with E-state index in [0.29, 0.717) is 34.0 Å². The lowest BCUT2D eigenvalue weighted by Crippen LogP contribution is -2.31. The van der Waals surface area contributed by atoms with Crippen molar-refractivity contribution in [3.05, 3.63) is 75.1 Å². The second-order valence-electron chi connectivity index (χ2n) is 8.04. The summed E-state index contributed by atoms with van der Waals surface area (Å²) in [5.41, 5.74) is 3.61. The lowest BCUT2D eigenvalue weighted by Gasteiger charge is -2.16. The number of aromatic amines is 1. The van der Waals surface area contributed by atoms with Crippen molar-refractivity contribution < 1.29 is 9.53 Å². The van der Waals surface area contributed by atoms with Gasteiger partial charge in [-0.15, -0.1) is 11.3 Å². The number of nitrogens with one attached hydrogen (secondary N) is 2.